The molecule has 1 fully saturated rings. The molecule has 1 atom stereocenters. The van der Waals surface area contributed by atoms with Crippen molar-refractivity contribution in [3.8, 4) is 0 Å². The minimum atomic E-state index is -4.34. The van der Waals surface area contributed by atoms with Crippen LogP contribution in [0, 0.1) is 10.1 Å². The Kier molecular flexibility index (Phi) is 7.37. The summed E-state index contributed by atoms with van der Waals surface area (Å²) < 4.78 is 33.0. The summed E-state index contributed by atoms with van der Waals surface area (Å²) in [6.07, 6.45) is 1.61. The van der Waals surface area contributed by atoms with Gasteiger partial charge in [-0.15, -0.1) is 0 Å². The highest BCUT2D eigenvalue weighted by atomic mass is 35.5. The highest BCUT2D eigenvalue weighted by Gasteiger charge is 2.30. The largest absolute Gasteiger partial charge is 0.376 e. The van der Waals surface area contributed by atoms with Crippen molar-refractivity contribution in [2.24, 2.45) is 0 Å². The first-order valence-corrected chi connectivity index (χ1v) is 11.5. The predicted molar refractivity (Wildman–Crippen MR) is 116 cm³/mol. The summed E-state index contributed by atoms with van der Waals surface area (Å²) in [5.41, 5.74) is -0.379. The van der Waals surface area contributed by atoms with Crippen LogP contribution in [0.2, 0.25) is 10.0 Å². The maximum Gasteiger partial charge on any atom is 0.289 e. The van der Waals surface area contributed by atoms with Crippen molar-refractivity contribution < 1.29 is 22.9 Å². The van der Waals surface area contributed by atoms with E-state index in [2.05, 4.69) is 5.32 Å². The molecule has 0 bridgehead atoms. The number of benzene rings is 2. The average molecular weight is 488 g/mol. The molecule has 1 aliphatic rings. The fourth-order valence-corrected chi connectivity index (χ4v) is 4.82. The summed E-state index contributed by atoms with van der Waals surface area (Å²) in [7, 11) is -4.34. The SMILES string of the molecule is O=C(CN(c1ccc(Cl)cc1)S(=O)(=O)c1ccc(Cl)c([N+](=O)[O-])c1)NC[C@H]1CCCO1. The van der Waals surface area contributed by atoms with Gasteiger partial charge in [0.1, 0.15) is 11.6 Å². The smallest absolute Gasteiger partial charge is 0.289 e. The molecule has 0 unspecified atom stereocenters. The molecule has 31 heavy (non-hydrogen) atoms. The quantitative estimate of drug-likeness (QED) is 0.450. The molecule has 0 saturated carbocycles. The summed E-state index contributed by atoms with van der Waals surface area (Å²) in [6, 6.07) is 8.99. The van der Waals surface area contributed by atoms with Crippen LogP contribution >= 0.6 is 23.2 Å². The second kappa shape index (κ2) is 9.82. The molecule has 2 aromatic rings. The van der Waals surface area contributed by atoms with Crippen molar-refractivity contribution in [1.82, 2.24) is 5.32 Å². The molecule has 1 aliphatic heterocycles. The number of nitro benzene ring substituents is 1. The van der Waals surface area contributed by atoms with Crippen LogP contribution in [-0.4, -0.2) is 45.0 Å². The molecule has 1 saturated heterocycles. The number of carbonyl (C=O) groups excluding carboxylic acids is 1. The molecule has 0 aliphatic carbocycles. The first kappa shape index (κ1) is 23.3. The normalized spacial score (nSPS) is 16.1. The van der Waals surface area contributed by atoms with E-state index in [0.29, 0.717) is 11.6 Å². The lowest BCUT2D eigenvalue weighted by molar-refractivity contribution is -0.384. The van der Waals surface area contributed by atoms with Crippen molar-refractivity contribution in [3.05, 3.63) is 62.6 Å². The number of hydrogen-bond acceptors (Lipinski definition) is 6. The third-order valence-corrected chi connectivity index (χ3v) is 7.00. The summed E-state index contributed by atoms with van der Waals surface area (Å²) in [5, 5.41) is 14.0. The number of anilines is 1. The van der Waals surface area contributed by atoms with Crippen LogP contribution < -0.4 is 9.62 Å². The van der Waals surface area contributed by atoms with Gasteiger partial charge in [0, 0.05) is 24.2 Å². The Bertz CT molecular complexity index is 1070. The van der Waals surface area contributed by atoms with E-state index in [-0.39, 0.29) is 28.3 Å². The van der Waals surface area contributed by atoms with Crippen LogP contribution in [0.3, 0.4) is 0 Å². The number of carbonyl (C=O) groups is 1. The van der Waals surface area contributed by atoms with Gasteiger partial charge < -0.3 is 10.1 Å². The third kappa shape index (κ3) is 5.65. The van der Waals surface area contributed by atoms with Crippen molar-refractivity contribution >= 4 is 50.5 Å². The second-order valence-electron chi connectivity index (χ2n) is 6.80. The Labute approximate surface area is 189 Å². The third-order valence-electron chi connectivity index (χ3n) is 4.66. The molecule has 9 nitrogen and oxygen atoms in total. The van der Waals surface area contributed by atoms with E-state index >= 15 is 0 Å². The number of nitrogens with one attached hydrogen (secondary N) is 1. The van der Waals surface area contributed by atoms with Crippen LogP contribution in [-0.2, 0) is 19.6 Å². The number of rotatable bonds is 8. The molecule has 0 radical (unpaired) electrons. The molecule has 1 N–H and O–H groups in total. The van der Waals surface area contributed by atoms with E-state index in [9.17, 15) is 23.3 Å². The Morgan fingerprint density at radius 2 is 1.94 bits per heavy atom. The fraction of sp³-hybridized carbons (Fsp3) is 0.316. The molecular formula is C19H19Cl2N3O6S. The maximum absolute atomic E-state index is 13.3. The van der Waals surface area contributed by atoms with Gasteiger partial charge >= 0.3 is 0 Å². The van der Waals surface area contributed by atoms with Crippen molar-refractivity contribution in [3.63, 3.8) is 0 Å². The number of nitrogens with zero attached hydrogens (tertiary/aromatic N) is 2. The summed E-state index contributed by atoms with van der Waals surface area (Å²) in [4.78, 5) is 22.6. The summed E-state index contributed by atoms with van der Waals surface area (Å²) in [6.45, 7) is 0.355. The molecule has 1 heterocycles. The lowest BCUT2D eigenvalue weighted by Crippen LogP contribution is -2.42. The maximum atomic E-state index is 13.3. The zero-order valence-corrected chi connectivity index (χ0v) is 18.5. The highest BCUT2D eigenvalue weighted by molar-refractivity contribution is 7.92. The highest BCUT2D eigenvalue weighted by Crippen LogP contribution is 2.31. The zero-order chi connectivity index (χ0) is 22.6. The van der Waals surface area contributed by atoms with Crippen molar-refractivity contribution in [1.29, 1.82) is 0 Å². The van der Waals surface area contributed by atoms with Gasteiger partial charge in [-0.25, -0.2) is 8.42 Å². The fourth-order valence-electron chi connectivity index (χ4n) is 3.06. The summed E-state index contributed by atoms with van der Waals surface area (Å²) >= 11 is 11.7. The van der Waals surface area contributed by atoms with Crippen LogP contribution in [0.5, 0.6) is 0 Å². The number of halogens is 2. The minimum absolute atomic E-state index is 0.108. The molecule has 3 rings (SSSR count). The van der Waals surface area contributed by atoms with Gasteiger partial charge in [0.25, 0.3) is 15.7 Å². The predicted octanol–water partition coefficient (Wildman–Crippen LogP) is 3.39. The van der Waals surface area contributed by atoms with E-state index in [1.807, 2.05) is 0 Å². The van der Waals surface area contributed by atoms with E-state index in [1.165, 1.54) is 24.3 Å². The van der Waals surface area contributed by atoms with Crippen LogP contribution in [0.4, 0.5) is 11.4 Å². The Morgan fingerprint density at radius 1 is 1.23 bits per heavy atom. The number of ether oxygens (including phenoxy) is 1. The van der Waals surface area contributed by atoms with Crippen LogP contribution in [0.1, 0.15) is 12.8 Å². The van der Waals surface area contributed by atoms with Crippen LogP contribution in [0.15, 0.2) is 47.4 Å². The first-order valence-electron chi connectivity index (χ1n) is 9.29. The molecular weight excluding hydrogens is 469 g/mol. The van der Waals surface area contributed by atoms with E-state index in [0.717, 1.165) is 35.3 Å². The van der Waals surface area contributed by atoms with Gasteiger partial charge in [0.15, 0.2) is 0 Å². The second-order valence-corrected chi connectivity index (χ2v) is 9.50. The van der Waals surface area contributed by atoms with Gasteiger partial charge in [0.2, 0.25) is 5.91 Å². The topological polar surface area (TPSA) is 119 Å². The van der Waals surface area contributed by atoms with E-state index in [4.69, 9.17) is 27.9 Å². The molecule has 1 amide bonds. The molecule has 2 aromatic carbocycles. The standard InChI is InChI=1S/C19H19Cl2N3O6S/c20-13-3-5-14(6-4-13)23(12-19(25)22-11-15-2-1-9-30-15)31(28,29)16-7-8-17(21)18(10-16)24(26)27/h3-8,10,15H,1-2,9,11-12H2,(H,22,25)/t15-/m1/s1. The van der Waals surface area contributed by atoms with Gasteiger partial charge in [0.05, 0.1) is 21.6 Å². The number of amides is 1. The first-order chi connectivity index (χ1) is 14.7. The van der Waals surface area contributed by atoms with E-state index in [1.54, 1.807) is 0 Å². The Morgan fingerprint density at radius 3 is 2.55 bits per heavy atom. The van der Waals surface area contributed by atoms with E-state index < -0.39 is 33.1 Å². The molecule has 166 valence electrons. The van der Waals surface area contributed by atoms with Gasteiger partial charge in [-0.05, 0) is 49.2 Å². The monoisotopic (exact) mass is 487 g/mol. The van der Waals surface area contributed by atoms with Gasteiger partial charge in [-0.2, -0.15) is 0 Å². The Balaban J connectivity index is 1.91. The molecule has 0 aromatic heterocycles. The minimum Gasteiger partial charge on any atom is -0.376 e. The van der Waals surface area contributed by atoms with Crippen LogP contribution in [0.25, 0.3) is 0 Å². The average Bonchev–Trinajstić information content (AvgIpc) is 3.25. The molecule has 12 heteroatoms. The van der Waals surface area contributed by atoms with Gasteiger partial charge in [-0.3, -0.25) is 19.2 Å². The number of hydrogen-bond donors (Lipinski definition) is 1. The number of nitro groups is 1. The number of sulfonamides is 1. The lowest BCUT2D eigenvalue weighted by Gasteiger charge is -2.24. The Hall–Kier alpha value is -2.40. The zero-order valence-electron chi connectivity index (χ0n) is 16.2. The lowest BCUT2D eigenvalue weighted by atomic mass is 10.2. The van der Waals surface area contributed by atoms with Gasteiger partial charge in [-0.1, -0.05) is 23.2 Å². The van der Waals surface area contributed by atoms with Crippen molar-refractivity contribution in [2.45, 2.75) is 23.8 Å². The molecule has 0 spiro atoms. The van der Waals surface area contributed by atoms with Crippen molar-refractivity contribution in [2.75, 3.05) is 24.0 Å². The summed E-state index contributed by atoms with van der Waals surface area (Å²) in [5.74, 6) is -0.544.